The van der Waals surface area contributed by atoms with Gasteiger partial charge in [0.2, 0.25) is 0 Å². The first kappa shape index (κ1) is 20.4. The maximum absolute atomic E-state index is 12.4. The zero-order valence-corrected chi connectivity index (χ0v) is 18.2. The molecule has 0 atom stereocenters. The molecule has 1 fully saturated rings. The number of thioether (sulfide) groups is 1. The van der Waals surface area contributed by atoms with E-state index < -0.39 is 0 Å². The largest absolute Gasteiger partial charge is 0.351 e. The molecule has 0 unspecified atom stereocenters. The summed E-state index contributed by atoms with van der Waals surface area (Å²) in [5.41, 5.74) is 1.31. The van der Waals surface area contributed by atoms with Gasteiger partial charge in [-0.05, 0) is 50.5 Å². The van der Waals surface area contributed by atoms with Crippen molar-refractivity contribution in [3.63, 3.8) is 0 Å². The van der Waals surface area contributed by atoms with Crippen molar-refractivity contribution in [2.24, 2.45) is 0 Å². The average Bonchev–Trinajstić information content (AvgIpc) is 3.38. The minimum absolute atomic E-state index is 0.0486. The third-order valence-corrected chi connectivity index (χ3v) is 6.97. The summed E-state index contributed by atoms with van der Waals surface area (Å²) in [6, 6.07) is 2.61. The molecular formula is C20H30N4OS2. The quantitative estimate of drug-likeness (QED) is 0.480. The molecule has 3 rings (SSSR count). The van der Waals surface area contributed by atoms with Crippen molar-refractivity contribution in [3.05, 3.63) is 27.2 Å². The zero-order valence-electron chi connectivity index (χ0n) is 16.6. The molecule has 2 heterocycles. The van der Waals surface area contributed by atoms with Gasteiger partial charge < -0.3 is 9.88 Å². The van der Waals surface area contributed by atoms with Crippen LogP contribution in [0.2, 0.25) is 0 Å². The lowest BCUT2D eigenvalue weighted by molar-refractivity contribution is 0.0957. The fraction of sp³-hybridized carbons (Fsp3) is 0.650. The predicted molar refractivity (Wildman–Crippen MR) is 113 cm³/mol. The van der Waals surface area contributed by atoms with Gasteiger partial charge in [0.1, 0.15) is 5.82 Å². The van der Waals surface area contributed by atoms with Gasteiger partial charge in [-0.3, -0.25) is 4.79 Å². The molecule has 0 bridgehead atoms. The molecule has 0 aromatic carbocycles. The first-order valence-corrected chi connectivity index (χ1v) is 12.0. The SMILES string of the molecule is CCCc1cc(C(=O)NCCCc2nnc(SC)n2C2CCCC2)sc1C. The van der Waals surface area contributed by atoms with Crippen LogP contribution in [0, 0.1) is 6.92 Å². The number of carbonyl (C=O) groups is 1. The van der Waals surface area contributed by atoms with E-state index in [-0.39, 0.29) is 5.91 Å². The number of hydrogen-bond acceptors (Lipinski definition) is 5. The summed E-state index contributed by atoms with van der Waals surface area (Å²) < 4.78 is 2.35. The number of thiophene rings is 1. The number of amides is 1. The van der Waals surface area contributed by atoms with E-state index in [1.165, 1.54) is 36.1 Å². The Hall–Kier alpha value is -1.34. The second kappa shape index (κ2) is 9.73. The monoisotopic (exact) mass is 406 g/mol. The van der Waals surface area contributed by atoms with Gasteiger partial charge in [-0.15, -0.1) is 21.5 Å². The summed E-state index contributed by atoms with van der Waals surface area (Å²) in [5, 5.41) is 12.9. The zero-order chi connectivity index (χ0) is 19.2. The Morgan fingerprint density at radius 1 is 1.33 bits per heavy atom. The number of nitrogens with one attached hydrogen (secondary N) is 1. The van der Waals surface area contributed by atoms with E-state index in [4.69, 9.17) is 0 Å². The molecule has 27 heavy (non-hydrogen) atoms. The van der Waals surface area contributed by atoms with Crippen LogP contribution in [0.25, 0.3) is 0 Å². The molecule has 2 aromatic heterocycles. The van der Waals surface area contributed by atoms with Crippen LogP contribution in [-0.4, -0.2) is 33.5 Å². The second-order valence-corrected chi connectivity index (χ2v) is 9.24. The Morgan fingerprint density at radius 3 is 2.81 bits per heavy atom. The standard InChI is InChI=1S/C20H30N4OS2/c1-4-8-15-13-17(27-14(15)2)19(25)21-12-7-11-18-22-23-20(26-3)24(18)16-9-5-6-10-16/h13,16H,4-12H2,1-3H3,(H,21,25). The van der Waals surface area contributed by atoms with Crippen molar-refractivity contribution >= 4 is 29.0 Å². The van der Waals surface area contributed by atoms with Gasteiger partial charge in [0, 0.05) is 23.9 Å². The van der Waals surface area contributed by atoms with Gasteiger partial charge in [-0.1, -0.05) is 37.9 Å². The van der Waals surface area contributed by atoms with E-state index in [0.29, 0.717) is 12.6 Å². The van der Waals surface area contributed by atoms with Gasteiger partial charge in [-0.2, -0.15) is 0 Å². The Kier molecular flexibility index (Phi) is 7.35. The molecule has 5 nitrogen and oxygen atoms in total. The van der Waals surface area contributed by atoms with Gasteiger partial charge in [-0.25, -0.2) is 0 Å². The Labute approximate surface area is 170 Å². The lowest BCUT2D eigenvalue weighted by Gasteiger charge is -2.16. The molecule has 1 aliphatic carbocycles. The minimum Gasteiger partial charge on any atom is -0.351 e. The molecular weight excluding hydrogens is 376 g/mol. The molecule has 1 aliphatic rings. The van der Waals surface area contributed by atoms with E-state index in [2.05, 4.69) is 46.3 Å². The van der Waals surface area contributed by atoms with Crippen LogP contribution in [0.15, 0.2) is 11.2 Å². The molecule has 148 valence electrons. The maximum Gasteiger partial charge on any atom is 0.261 e. The topological polar surface area (TPSA) is 59.8 Å². The summed E-state index contributed by atoms with van der Waals surface area (Å²) in [6.07, 6.45) is 11.0. The summed E-state index contributed by atoms with van der Waals surface area (Å²) >= 11 is 3.27. The van der Waals surface area contributed by atoms with Crippen LogP contribution in [0.3, 0.4) is 0 Å². The number of rotatable bonds is 9. The molecule has 1 N–H and O–H groups in total. The van der Waals surface area contributed by atoms with Crippen LogP contribution in [-0.2, 0) is 12.8 Å². The van der Waals surface area contributed by atoms with Gasteiger partial charge in [0.25, 0.3) is 5.91 Å². The highest BCUT2D eigenvalue weighted by molar-refractivity contribution is 7.98. The minimum atomic E-state index is 0.0486. The van der Waals surface area contributed by atoms with Crippen LogP contribution in [0.5, 0.6) is 0 Å². The third-order valence-electron chi connectivity index (χ3n) is 5.23. The van der Waals surface area contributed by atoms with Crippen molar-refractivity contribution < 1.29 is 4.79 Å². The first-order valence-electron chi connectivity index (χ1n) is 9.99. The van der Waals surface area contributed by atoms with E-state index in [1.54, 1.807) is 23.1 Å². The summed E-state index contributed by atoms with van der Waals surface area (Å²) in [7, 11) is 0. The highest BCUT2D eigenvalue weighted by Crippen LogP contribution is 2.33. The molecule has 0 radical (unpaired) electrons. The van der Waals surface area contributed by atoms with Gasteiger partial charge in [0.05, 0.1) is 4.88 Å². The third kappa shape index (κ3) is 4.93. The summed E-state index contributed by atoms with van der Waals surface area (Å²) in [6.45, 7) is 4.94. The number of aromatic nitrogens is 3. The Balaban J connectivity index is 1.52. The average molecular weight is 407 g/mol. The van der Waals surface area contributed by atoms with Gasteiger partial charge >= 0.3 is 0 Å². The number of hydrogen-bond donors (Lipinski definition) is 1. The molecule has 7 heteroatoms. The smallest absolute Gasteiger partial charge is 0.261 e. The van der Waals surface area contributed by atoms with Crippen molar-refractivity contribution in [2.45, 2.75) is 76.4 Å². The molecule has 1 amide bonds. The first-order chi connectivity index (χ1) is 13.1. The van der Waals surface area contributed by atoms with E-state index in [9.17, 15) is 4.79 Å². The summed E-state index contributed by atoms with van der Waals surface area (Å²) in [4.78, 5) is 14.5. The Bertz CT molecular complexity index is 762. The Morgan fingerprint density at radius 2 is 2.11 bits per heavy atom. The van der Waals surface area contributed by atoms with Crippen molar-refractivity contribution in [3.8, 4) is 0 Å². The van der Waals surface area contributed by atoms with Gasteiger partial charge in [0.15, 0.2) is 5.16 Å². The molecule has 0 aliphatic heterocycles. The number of nitrogens with zero attached hydrogens (tertiary/aromatic N) is 3. The fourth-order valence-electron chi connectivity index (χ4n) is 3.83. The highest BCUT2D eigenvalue weighted by Gasteiger charge is 2.23. The predicted octanol–water partition coefficient (Wildman–Crippen LogP) is 4.80. The normalized spacial score (nSPS) is 14.8. The maximum atomic E-state index is 12.4. The van der Waals surface area contributed by atoms with Crippen LogP contribution in [0.4, 0.5) is 0 Å². The van der Waals surface area contributed by atoms with E-state index >= 15 is 0 Å². The van der Waals surface area contributed by atoms with Crippen LogP contribution < -0.4 is 5.32 Å². The van der Waals surface area contributed by atoms with Crippen LogP contribution >= 0.6 is 23.1 Å². The number of carbonyl (C=O) groups excluding carboxylic acids is 1. The second-order valence-electron chi connectivity index (χ2n) is 7.21. The summed E-state index contributed by atoms with van der Waals surface area (Å²) in [5.74, 6) is 1.12. The van der Waals surface area contributed by atoms with E-state index in [1.807, 2.05) is 0 Å². The van der Waals surface area contributed by atoms with E-state index in [0.717, 1.165) is 41.5 Å². The van der Waals surface area contributed by atoms with Crippen molar-refractivity contribution in [1.29, 1.82) is 0 Å². The lowest BCUT2D eigenvalue weighted by atomic mass is 10.1. The van der Waals surface area contributed by atoms with Crippen molar-refractivity contribution in [1.82, 2.24) is 20.1 Å². The molecule has 0 saturated heterocycles. The fourth-order valence-corrected chi connectivity index (χ4v) is 5.39. The highest BCUT2D eigenvalue weighted by atomic mass is 32.2. The van der Waals surface area contributed by atoms with Crippen LogP contribution in [0.1, 0.15) is 77.4 Å². The lowest BCUT2D eigenvalue weighted by Crippen LogP contribution is -2.24. The number of aryl methyl sites for hydroxylation is 3. The molecule has 0 spiro atoms. The molecule has 1 saturated carbocycles. The van der Waals surface area contributed by atoms with Crippen molar-refractivity contribution in [2.75, 3.05) is 12.8 Å². The molecule has 2 aromatic rings.